The van der Waals surface area contributed by atoms with Gasteiger partial charge in [0.2, 0.25) is 0 Å². The van der Waals surface area contributed by atoms with E-state index >= 15 is 0 Å². The fourth-order valence-corrected chi connectivity index (χ4v) is 2.40. The number of nitro benzene ring substituents is 1. The van der Waals surface area contributed by atoms with E-state index in [0.717, 1.165) is 0 Å². The molecule has 0 aliphatic rings. The largest absolute Gasteiger partial charge is 0.497 e. The number of hydrogen-bond acceptors (Lipinski definition) is 6. The Kier molecular flexibility index (Phi) is 5.66. The Morgan fingerprint density at radius 3 is 2.68 bits per heavy atom. The third-order valence-electron chi connectivity index (χ3n) is 3.68. The predicted molar refractivity (Wildman–Crippen MR) is 104 cm³/mol. The molecule has 1 aromatic heterocycles. The number of hydrogen-bond donors (Lipinski definition) is 2. The molecule has 0 unspecified atom stereocenters. The minimum absolute atomic E-state index is 0.141. The summed E-state index contributed by atoms with van der Waals surface area (Å²) in [6, 6.07) is 16.0. The van der Waals surface area contributed by atoms with Crippen molar-refractivity contribution in [3.63, 3.8) is 0 Å². The summed E-state index contributed by atoms with van der Waals surface area (Å²) in [5, 5.41) is 17.7. The lowest BCUT2D eigenvalue weighted by atomic mass is 10.1. The number of furan rings is 1. The number of carbonyl (C=O) groups is 1. The van der Waals surface area contributed by atoms with Gasteiger partial charge in [-0.15, -0.1) is 0 Å². The van der Waals surface area contributed by atoms with Gasteiger partial charge in [0, 0.05) is 5.69 Å². The molecule has 142 valence electrons. The second kappa shape index (κ2) is 8.49. The highest BCUT2D eigenvalue weighted by Crippen LogP contribution is 2.33. The van der Waals surface area contributed by atoms with E-state index in [2.05, 4.69) is 15.8 Å². The molecule has 9 nitrogen and oxygen atoms in total. The van der Waals surface area contributed by atoms with Crippen molar-refractivity contribution in [3.8, 4) is 17.1 Å². The molecule has 0 saturated heterocycles. The number of hydrazone groups is 1. The Morgan fingerprint density at radius 1 is 1.18 bits per heavy atom. The summed E-state index contributed by atoms with van der Waals surface area (Å²) in [4.78, 5) is 22.5. The molecule has 1 heterocycles. The van der Waals surface area contributed by atoms with Gasteiger partial charge in [0.1, 0.15) is 17.3 Å². The average molecular weight is 380 g/mol. The monoisotopic (exact) mass is 380 g/mol. The molecule has 0 atom stereocenters. The second-order valence-corrected chi connectivity index (χ2v) is 5.53. The Hall–Kier alpha value is -4.14. The van der Waals surface area contributed by atoms with Gasteiger partial charge in [0.05, 0.1) is 29.9 Å². The summed E-state index contributed by atoms with van der Waals surface area (Å²) >= 11 is 0. The van der Waals surface area contributed by atoms with Crippen LogP contribution in [-0.2, 0) is 0 Å². The SMILES string of the molecule is COc1ccc(-c2ccc(/C=N/NC(=O)Nc3ccccc3)o2)c([N+](=O)[O-])c1. The Labute approximate surface area is 159 Å². The van der Waals surface area contributed by atoms with E-state index in [1.54, 1.807) is 48.5 Å². The van der Waals surface area contributed by atoms with Crippen molar-refractivity contribution in [2.45, 2.75) is 0 Å². The molecule has 3 rings (SSSR count). The second-order valence-electron chi connectivity index (χ2n) is 5.53. The number of rotatable bonds is 6. The van der Waals surface area contributed by atoms with Crippen LogP contribution in [0.25, 0.3) is 11.3 Å². The molecule has 0 radical (unpaired) electrons. The van der Waals surface area contributed by atoms with Gasteiger partial charge >= 0.3 is 6.03 Å². The first kappa shape index (κ1) is 18.6. The molecule has 0 fully saturated rings. The van der Waals surface area contributed by atoms with Gasteiger partial charge in [-0.1, -0.05) is 18.2 Å². The number of amides is 2. The molecule has 9 heteroatoms. The highest BCUT2D eigenvalue weighted by molar-refractivity contribution is 5.90. The standard InChI is InChI=1S/C19H16N4O5/c1-27-14-7-9-16(17(11-14)23(25)26)18-10-8-15(28-18)12-20-22-19(24)21-13-5-3-2-4-6-13/h2-12H,1H3,(H2,21,22,24)/b20-12+. The third kappa shape index (κ3) is 4.52. The Bertz CT molecular complexity index is 1010. The van der Waals surface area contributed by atoms with Crippen LogP contribution in [0.2, 0.25) is 0 Å². The summed E-state index contributed by atoms with van der Waals surface area (Å²) < 4.78 is 10.6. The number of urea groups is 1. The molecule has 28 heavy (non-hydrogen) atoms. The van der Waals surface area contributed by atoms with E-state index < -0.39 is 11.0 Å². The number of anilines is 1. The summed E-state index contributed by atoms with van der Waals surface area (Å²) in [5.74, 6) is 0.988. The van der Waals surface area contributed by atoms with Crippen LogP contribution in [0, 0.1) is 10.1 Å². The molecule has 3 aromatic rings. The fourth-order valence-electron chi connectivity index (χ4n) is 2.40. The van der Waals surface area contributed by atoms with E-state index in [9.17, 15) is 14.9 Å². The maximum atomic E-state index is 11.8. The lowest BCUT2D eigenvalue weighted by molar-refractivity contribution is -0.384. The highest BCUT2D eigenvalue weighted by Gasteiger charge is 2.19. The van der Waals surface area contributed by atoms with Crippen LogP contribution in [0.15, 0.2) is 70.2 Å². The van der Waals surface area contributed by atoms with Crippen molar-refractivity contribution in [3.05, 3.63) is 76.5 Å². The first-order chi connectivity index (χ1) is 13.6. The lowest BCUT2D eigenvalue weighted by Crippen LogP contribution is -2.24. The molecule has 0 aliphatic carbocycles. The van der Waals surface area contributed by atoms with Crippen LogP contribution < -0.4 is 15.5 Å². The van der Waals surface area contributed by atoms with Crippen molar-refractivity contribution in [2.75, 3.05) is 12.4 Å². The van der Waals surface area contributed by atoms with Crippen molar-refractivity contribution in [1.29, 1.82) is 0 Å². The topological polar surface area (TPSA) is 119 Å². The van der Waals surface area contributed by atoms with Crippen molar-refractivity contribution < 1.29 is 18.9 Å². The van der Waals surface area contributed by atoms with Crippen molar-refractivity contribution in [2.24, 2.45) is 5.10 Å². The van der Waals surface area contributed by atoms with Crippen LogP contribution in [0.5, 0.6) is 5.75 Å². The third-order valence-corrected chi connectivity index (χ3v) is 3.68. The van der Waals surface area contributed by atoms with Gasteiger partial charge in [-0.05, 0) is 36.4 Å². The molecule has 0 aliphatic heterocycles. The molecular formula is C19H16N4O5. The van der Waals surface area contributed by atoms with Crippen molar-refractivity contribution in [1.82, 2.24) is 5.43 Å². The number of nitrogens with one attached hydrogen (secondary N) is 2. The molecule has 0 bridgehead atoms. The number of methoxy groups -OCH3 is 1. The van der Waals surface area contributed by atoms with Crippen molar-refractivity contribution >= 4 is 23.6 Å². The number of carbonyl (C=O) groups excluding carboxylic acids is 1. The molecule has 0 saturated carbocycles. The zero-order valence-corrected chi connectivity index (χ0v) is 14.8. The predicted octanol–water partition coefficient (Wildman–Crippen LogP) is 4.02. The summed E-state index contributed by atoms with van der Waals surface area (Å²) in [7, 11) is 1.43. The first-order valence-electron chi connectivity index (χ1n) is 8.14. The van der Waals surface area contributed by atoms with Crippen LogP contribution in [-0.4, -0.2) is 24.3 Å². The van der Waals surface area contributed by atoms with Crippen LogP contribution in [0.3, 0.4) is 0 Å². The van der Waals surface area contributed by atoms with E-state index in [4.69, 9.17) is 9.15 Å². The van der Waals surface area contributed by atoms with Gasteiger partial charge in [0.25, 0.3) is 5.69 Å². The summed E-state index contributed by atoms with van der Waals surface area (Å²) in [6.45, 7) is 0. The zero-order chi connectivity index (χ0) is 19.9. The van der Waals surface area contributed by atoms with Crippen LogP contribution in [0.4, 0.5) is 16.2 Å². The number of nitro groups is 1. The zero-order valence-electron chi connectivity index (χ0n) is 14.8. The average Bonchev–Trinajstić information content (AvgIpc) is 3.17. The molecular weight excluding hydrogens is 364 g/mol. The van der Waals surface area contributed by atoms with Gasteiger partial charge in [-0.3, -0.25) is 10.1 Å². The highest BCUT2D eigenvalue weighted by atomic mass is 16.6. The fraction of sp³-hybridized carbons (Fsp3) is 0.0526. The lowest BCUT2D eigenvalue weighted by Gasteiger charge is -2.03. The van der Waals surface area contributed by atoms with E-state index in [1.807, 2.05) is 6.07 Å². The molecule has 2 aromatic carbocycles. The molecule has 2 N–H and O–H groups in total. The first-order valence-corrected chi connectivity index (χ1v) is 8.14. The number of nitrogens with zero attached hydrogens (tertiary/aromatic N) is 2. The maximum Gasteiger partial charge on any atom is 0.339 e. The van der Waals surface area contributed by atoms with Gasteiger partial charge in [-0.25, -0.2) is 10.2 Å². The molecule has 2 amide bonds. The van der Waals surface area contributed by atoms with Gasteiger partial charge < -0.3 is 14.5 Å². The van der Waals surface area contributed by atoms with Gasteiger partial charge in [0.15, 0.2) is 0 Å². The Morgan fingerprint density at radius 2 is 1.96 bits per heavy atom. The molecule has 0 spiro atoms. The normalized spacial score (nSPS) is 10.6. The van der Waals surface area contributed by atoms with E-state index in [-0.39, 0.29) is 5.69 Å². The quantitative estimate of drug-likeness (QED) is 0.380. The number of benzene rings is 2. The minimum atomic E-state index is -0.514. The van der Waals surface area contributed by atoms with Crippen LogP contribution in [0.1, 0.15) is 5.76 Å². The minimum Gasteiger partial charge on any atom is -0.497 e. The Balaban J connectivity index is 1.68. The summed E-state index contributed by atoms with van der Waals surface area (Å²) in [5.41, 5.74) is 3.10. The number of ether oxygens (including phenoxy) is 1. The smallest absolute Gasteiger partial charge is 0.339 e. The number of para-hydroxylation sites is 1. The summed E-state index contributed by atoms with van der Waals surface area (Å²) in [6.07, 6.45) is 1.30. The van der Waals surface area contributed by atoms with E-state index in [0.29, 0.717) is 28.5 Å². The maximum absolute atomic E-state index is 11.8. The van der Waals surface area contributed by atoms with Crippen LogP contribution >= 0.6 is 0 Å². The van der Waals surface area contributed by atoms with Gasteiger partial charge in [-0.2, -0.15) is 5.10 Å². The van der Waals surface area contributed by atoms with E-state index in [1.165, 1.54) is 19.4 Å².